The lowest BCUT2D eigenvalue weighted by Gasteiger charge is -2.22. The molecule has 0 amide bonds. The maximum atomic E-state index is 8.82. The Labute approximate surface area is 78.7 Å². The molecule has 1 N–H and O–H groups in total. The third-order valence-electron chi connectivity index (χ3n) is 2.21. The molecule has 0 aliphatic carbocycles. The van der Waals surface area contributed by atoms with Crippen LogP contribution in [-0.2, 0) is 4.74 Å². The average Bonchev–Trinajstić information content (AvgIpc) is 2.16. The van der Waals surface area contributed by atoms with Crippen molar-refractivity contribution in [3.05, 3.63) is 0 Å². The van der Waals surface area contributed by atoms with Gasteiger partial charge < -0.3 is 9.84 Å². The van der Waals surface area contributed by atoms with Crippen molar-refractivity contribution in [1.29, 1.82) is 0 Å². The van der Waals surface area contributed by atoms with E-state index in [2.05, 4.69) is 6.92 Å². The Kier molecular flexibility index (Phi) is 5.04. The lowest BCUT2D eigenvalue weighted by Crippen LogP contribution is -2.18. The first kappa shape index (κ1) is 10.4. The van der Waals surface area contributed by atoms with Crippen LogP contribution in [0.3, 0.4) is 0 Å². The standard InChI is InChI=1S/C9H18O2S/c1-8(6-10)12-7-9-2-4-11-5-3-9/h8-10H,2-7H2,1H3. The average molecular weight is 190 g/mol. The summed E-state index contributed by atoms with van der Waals surface area (Å²) in [6, 6.07) is 0. The molecule has 1 saturated heterocycles. The quantitative estimate of drug-likeness (QED) is 0.729. The highest BCUT2D eigenvalue weighted by Crippen LogP contribution is 2.22. The highest BCUT2D eigenvalue weighted by atomic mass is 32.2. The molecule has 0 radical (unpaired) electrons. The first-order chi connectivity index (χ1) is 5.83. The van der Waals surface area contributed by atoms with Gasteiger partial charge in [-0.3, -0.25) is 0 Å². The van der Waals surface area contributed by atoms with Crippen LogP contribution in [0.5, 0.6) is 0 Å². The van der Waals surface area contributed by atoms with E-state index < -0.39 is 0 Å². The SMILES string of the molecule is CC(CO)SCC1CCOCC1. The fourth-order valence-electron chi connectivity index (χ4n) is 1.27. The molecular weight excluding hydrogens is 172 g/mol. The molecule has 72 valence electrons. The normalized spacial score (nSPS) is 22.5. The van der Waals surface area contributed by atoms with Crippen molar-refractivity contribution in [3.8, 4) is 0 Å². The van der Waals surface area contributed by atoms with Crippen LogP contribution in [0.2, 0.25) is 0 Å². The molecule has 0 spiro atoms. The van der Waals surface area contributed by atoms with E-state index in [0.29, 0.717) is 11.9 Å². The van der Waals surface area contributed by atoms with Crippen molar-refractivity contribution in [1.82, 2.24) is 0 Å². The third-order valence-corrected chi connectivity index (χ3v) is 3.60. The molecule has 0 saturated carbocycles. The summed E-state index contributed by atoms with van der Waals surface area (Å²) in [5, 5.41) is 9.21. The van der Waals surface area contributed by atoms with Crippen LogP contribution >= 0.6 is 11.8 Å². The van der Waals surface area contributed by atoms with Crippen LogP contribution in [-0.4, -0.2) is 35.9 Å². The van der Waals surface area contributed by atoms with Gasteiger partial charge in [-0.2, -0.15) is 11.8 Å². The fraction of sp³-hybridized carbons (Fsp3) is 1.00. The van der Waals surface area contributed by atoms with E-state index in [0.717, 1.165) is 19.1 Å². The molecule has 0 aromatic carbocycles. The largest absolute Gasteiger partial charge is 0.395 e. The Balaban J connectivity index is 2.05. The van der Waals surface area contributed by atoms with Gasteiger partial charge in [0.25, 0.3) is 0 Å². The molecule has 0 bridgehead atoms. The van der Waals surface area contributed by atoms with Crippen LogP contribution in [0.4, 0.5) is 0 Å². The van der Waals surface area contributed by atoms with Crippen molar-refractivity contribution in [2.75, 3.05) is 25.6 Å². The molecule has 0 aromatic heterocycles. The highest BCUT2D eigenvalue weighted by molar-refractivity contribution is 7.99. The van der Waals surface area contributed by atoms with E-state index in [-0.39, 0.29) is 0 Å². The van der Waals surface area contributed by atoms with E-state index >= 15 is 0 Å². The lowest BCUT2D eigenvalue weighted by atomic mass is 10.0. The van der Waals surface area contributed by atoms with Crippen LogP contribution in [0, 0.1) is 5.92 Å². The number of ether oxygens (including phenoxy) is 1. The van der Waals surface area contributed by atoms with Crippen LogP contribution in [0.1, 0.15) is 19.8 Å². The lowest BCUT2D eigenvalue weighted by molar-refractivity contribution is 0.0727. The molecule has 1 atom stereocenters. The Morgan fingerprint density at radius 2 is 2.17 bits per heavy atom. The molecule has 1 fully saturated rings. The van der Waals surface area contributed by atoms with Gasteiger partial charge in [0, 0.05) is 18.5 Å². The first-order valence-electron chi connectivity index (χ1n) is 4.63. The van der Waals surface area contributed by atoms with Gasteiger partial charge in [-0.05, 0) is 24.5 Å². The summed E-state index contributed by atoms with van der Waals surface area (Å²) in [5.41, 5.74) is 0. The maximum Gasteiger partial charge on any atom is 0.0547 e. The molecule has 3 heteroatoms. The van der Waals surface area contributed by atoms with Gasteiger partial charge in [0.2, 0.25) is 0 Å². The van der Waals surface area contributed by atoms with Crippen LogP contribution in [0.25, 0.3) is 0 Å². The van der Waals surface area contributed by atoms with Gasteiger partial charge >= 0.3 is 0 Å². The number of aliphatic hydroxyl groups excluding tert-OH is 1. The van der Waals surface area contributed by atoms with Crippen molar-refractivity contribution in [3.63, 3.8) is 0 Å². The number of rotatable bonds is 4. The molecule has 1 aliphatic rings. The first-order valence-corrected chi connectivity index (χ1v) is 5.68. The smallest absolute Gasteiger partial charge is 0.0547 e. The van der Waals surface area contributed by atoms with E-state index in [4.69, 9.17) is 9.84 Å². The van der Waals surface area contributed by atoms with Gasteiger partial charge in [-0.25, -0.2) is 0 Å². The van der Waals surface area contributed by atoms with Crippen molar-refractivity contribution in [2.45, 2.75) is 25.0 Å². The second-order valence-electron chi connectivity index (χ2n) is 3.38. The minimum atomic E-state index is 0.299. The van der Waals surface area contributed by atoms with Crippen molar-refractivity contribution < 1.29 is 9.84 Å². The second kappa shape index (κ2) is 5.84. The molecule has 12 heavy (non-hydrogen) atoms. The summed E-state index contributed by atoms with van der Waals surface area (Å²) < 4.78 is 5.27. The number of hydrogen-bond acceptors (Lipinski definition) is 3. The second-order valence-corrected chi connectivity index (χ2v) is 4.85. The van der Waals surface area contributed by atoms with Crippen molar-refractivity contribution >= 4 is 11.8 Å². The number of hydrogen-bond donors (Lipinski definition) is 1. The van der Waals surface area contributed by atoms with Gasteiger partial charge in [0.05, 0.1) is 6.61 Å². The van der Waals surface area contributed by atoms with E-state index in [1.54, 1.807) is 0 Å². The minimum absolute atomic E-state index is 0.299. The van der Waals surface area contributed by atoms with E-state index in [9.17, 15) is 0 Å². The Morgan fingerprint density at radius 1 is 1.50 bits per heavy atom. The fourth-order valence-corrected chi connectivity index (χ4v) is 2.31. The Morgan fingerprint density at radius 3 is 2.75 bits per heavy atom. The Bertz CT molecular complexity index is 113. The van der Waals surface area contributed by atoms with Gasteiger partial charge in [-0.15, -0.1) is 0 Å². The van der Waals surface area contributed by atoms with Crippen molar-refractivity contribution in [2.24, 2.45) is 5.92 Å². The predicted octanol–water partition coefficient (Wildman–Crippen LogP) is 1.53. The van der Waals surface area contributed by atoms with Gasteiger partial charge in [0.15, 0.2) is 0 Å². The Hall–Kier alpha value is 0.270. The molecular formula is C9H18O2S. The zero-order valence-corrected chi connectivity index (χ0v) is 8.48. The third kappa shape index (κ3) is 3.78. The molecule has 2 nitrogen and oxygen atoms in total. The summed E-state index contributed by atoms with van der Waals surface area (Å²) in [6.45, 7) is 4.23. The number of thioether (sulfide) groups is 1. The number of aliphatic hydroxyl groups is 1. The zero-order chi connectivity index (χ0) is 8.81. The summed E-state index contributed by atoms with van der Waals surface area (Å²) in [4.78, 5) is 0. The summed E-state index contributed by atoms with van der Waals surface area (Å²) in [5.74, 6) is 2.00. The maximum absolute atomic E-state index is 8.82. The van der Waals surface area contributed by atoms with Gasteiger partial charge in [-0.1, -0.05) is 6.92 Å². The topological polar surface area (TPSA) is 29.5 Å². The minimum Gasteiger partial charge on any atom is -0.395 e. The summed E-state index contributed by atoms with van der Waals surface area (Å²) >= 11 is 1.88. The molecule has 0 aromatic rings. The summed E-state index contributed by atoms with van der Waals surface area (Å²) in [7, 11) is 0. The highest BCUT2D eigenvalue weighted by Gasteiger charge is 2.14. The van der Waals surface area contributed by atoms with Gasteiger partial charge in [0.1, 0.15) is 0 Å². The van der Waals surface area contributed by atoms with Crippen LogP contribution < -0.4 is 0 Å². The summed E-state index contributed by atoms with van der Waals surface area (Å²) in [6.07, 6.45) is 2.40. The predicted molar refractivity (Wildman–Crippen MR) is 52.5 cm³/mol. The molecule has 1 aliphatic heterocycles. The molecule has 1 unspecified atom stereocenters. The van der Waals surface area contributed by atoms with E-state index in [1.807, 2.05) is 11.8 Å². The molecule has 1 rings (SSSR count). The monoisotopic (exact) mass is 190 g/mol. The van der Waals surface area contributed by atoms with Crippen LogP contribution in [0.15, 0.2) is 0 Å². The molecule has 1 heterocycles. The zero-order valence-electron chi connectivity index (χ0n) is 7.66. The van der Waals surface area contributed by atoms with E-state index in [1.165, 1.54) is 18.6 Å².